The van der Waals surface area contributed by atoms with Gasteiger partial charge in [0.2, 0.25) is 5.75 Å². The fraction of sp³-hybridized carbons (Fsp3) is 0.190. The zero-order valence-electron chi connectivity index (χ0n) is 16.7. The maximum absolute atomic E-state index is 12.5. The minimum atomic E-state index is -0.390. The molecule has 1 amide bonds. The topological polar surface area (TPSA) is 87.0 Å². The highest BCUT2D eigenvalue weighted by atomic mass is 16.5. The number of ether oxygens (including phenoxy) is 3. The molecule has 1 N–H and O–H groups in total. The van der Waals surface area contributed by atoms with Crippen LogP contribution in [0.4, 0.5) is 0 Å². The standard InChI is InChI=1S/C21H22N4O4/c1-14(15-5-7-17(8-6-15)25-10-9-22-13-25)23-24-21(26)16-11-18(27-2)20(29-4)19(12-16)28-3/h5-13H,1-4H3,(H,24,26)/b23-14-. The predicted octanol–water partition coefficient (Wildman–Crippen LogP) is 3.05. The molecule has 2 aromatic carbocycles. The van der Waals surface area contributed by atoms with Crippen molar-refractivity contribution in [3.8, 4) is 22.9 Å². The third-order valence-corrected chi connectivity index (χ3v) is 4.34. The average Bonchev–Trinajstić information content (AvgIpc) is 3.31. The summed E-state index contributed by atoms with van der Waals surface area (Å²) in [5.74, 6) is 0.823. The van der Waals surface area contributed by atoms with Crippen molar-refractivity contribution < 1.29 is 19.0 Å². The summed E-state index contributed by atoms with van der Waals surface area (Å²) in [7, 11) is 4.50. The van der Waals surface area contributed by atoms with Gasteiger partial charge in [-0.15, -0.1) is 0 Å². The molecule has 0 aliphatic heterocycles. The number of benzene rings is 2. The van der Waals surface area contributed by atoms with Crippen LogP contribution in [0.5, 0.6) is 17.2 Å². The van der Waals surface area contributed by atoms with Crippen molar-refractivity contribution in [1.29, 1.82) is 0 Å². The number of imidazole rings is 1. The van der Waals surface area contributed by atoms with Crippen LogP contribution in [-0.2, 0) is 0 Å². The highest BCUT2D eigenvalue weighted by Crippen LogP contribution is 2.38. The van der Waals surface area contributed by atoms with E-state index in [2.05, 4.69) is 15.5 Å². The normalized spacial score (nSPS) is 11.1. The van der Waals surface area contributed by atoms with Crippen LogP contribution in [-0.4, -0.2) is 42.5 Å². The maximum atomic E-state index is 12.5. The van der Waals surface area contributed by atoms with Crippen molar-refractivity contribution in [2.45, 2.75) is 6.92 Å². The van der Waals surface area contributed by atoms with Crippen LogP contribution in [0.2, 0.25) is 0 Å². The van der Waals surface area contributed by atoms with E-state index in [0.717, 1.165) is 11.3 Å². The summed E-state index contributed by atoms with van der Waals surface area (Å²) in [5.41, 5.74) is 5.44. The average molecular weight is 394 g/mol. The summed E-state index contributed by atoms with van der Waals surface area (Å²) in [6, 6.07) is 10.9. The van der Waals surface area contributed by atoms with Crippen LogP contribution in [0.3, 0.4) is 0 Å². The van der Waals surface area contributed by atoms with E-state index < -0.39 is 5.91 Å². The molecule has 0 saturated heterocycles. The third kappa shape index (κ3) is 4.37. The molecule has 0 spiro atoms. The van der Waals surface area contributed by atoms with Crippen molar-refractivity contribution in [3.63, 3.8) is 0 Å². The maximum Gasteiger partial charge on any atom is 0.271 e. The molecule has 0 saturated carbocycles. The van der Waals surface area contributed by atoms with E-state index in [1.165, 1.54) is 21.3 Å². The summed E-state index contributed by atoms with van der Waals surface area (Å²) < 4.78 is 17.7. The lowest BCUT2D eigenvalue weighted by Gasteiger charge is -2.13. The molecular weight excluding hydrogens is 372 g/mol. The minimum Gasteiger partial charge on any atom is -0.493 e. The first-order valence-electron chi connectivity index (χ1n) is 8.80. The van der Waals surface area contributed by atoms with Gasteiger partial charge < -0.3 is 18.8 Å². The Balaban J connectivity index is 1.76. The number of nitrogens with one attached hydrogen (secondary N) is 1. The lowest BCUT2D eigenvalue weighted by molar-refractivity contribution is 0.0954. The molecule has 29 heavy (non-hydrogen) atoms. The van der Waals surface area contributed by atoms with Crippen LogP contribution in [0, 0.1) is 0 Å². The summed E-state index contributed by atoms with van der Waals surface area (Å²) in [6.07, 6.45) is 5.32. The number of hydrazone groups is 1. The Morgan fingerprint density at radius 1 is 1.00 bits per heavy atom. The van der Waals surface area contributed by atoms with Gasteiger partial charge in [-0.2, -0.15) is 5.10 Å². The zero-order valence-corrected chi connectivity index (χ0v) is 16.7. The molecule has 3 aromatic rings. The van der Waals surface area contributed by atoms with Gasteiger partial charge in [0.15, 0.2) is 11.5 Å². The largest absolute Gasteiger partial charge is 0.493 e. The van der Waals surface area contributed by atoms with Crippen molar-refractivity contribution in [2.75, 3.05) is 21.3 Å². The van der Waals surface area contributed by atoms with Crippen molar-refractivity contribution in [1.82, 2.24) is 15.0 Å². The van der Waals surface area contributed by atoms with E-state index in [1.54, 1.807) is 24.7 Å². The Labute approximate surface area is 168 Å². The van der Waals surface area contributed by atoms with Crippen LogP contribution in [0.1, 0.15) is 22.8 Å². The SMILES string of the molecule is COc1cc(C(=O)N/N=C(/C)c2ccc(-n3ccnc3)cc2)cc(OC)c1OC. The first-order valence-corrected chi connectivity index (χ1v) is 8.80. The lowest BCUT2D eigenvalue weighted by atomic mass is 10.1. The second-order valence-electron chi connectivity index (χ2n) is 6.07. The van der Waals surface area contributed by atoms with E-state index in [9.17, 15) is 4.79 Å². The first-order chi connectivity index (χ1) is 14.1. The van der Waals surface area contributed by atoms with Gasteiger partial charge in [-0.25, -0.2) is 10.4 Å². The van der Waals surface area contributed by atoms with E-state index >= 15 is 0 Å². The minimum absolute atomic E-state index is 0.339. The molecule has 8 nitrogen and oxygen atoms in total. The van der Waals surface area contributed by atoms with Gasteiger partial charge in [-0.3, -0.25) is 4.79 Å². The molecule has 0 atom stereocenters. The Morgan fingerprint density at radius 3 is 2.17 bits per heavy atom. The third-order valence-electron chi connectivity index (χ3n) is 4.34. The Bertz CT molecular complexity index is 987. The van der Waals surface area contributed by atoms with Crippen molar-refractivity contribution in [3.05, 3.63) is 66.2 Å². The molecule has 0 unspecified atom stereocenters. The number of aromatic nitrogens is 2. The van der Waals surface area contributed by atoms with E-state index in [0.29, 0.717) is 28.5 Å². The quantitative estimate of drug-likeness (QED) is 0.492. The molecule has 0 aliphatic carbocycles. The number of nitrogens with zero attached hydrogens (tertiary/aromatic N) is 3. The van der Waals surface area contributed by atoms with Gasteiger partial charge in [0, 0.05) is 23.6 Å². The van der Waals surface area contributed by atoms with Crippen LogP contribution in [0.15, 0.2) is 60.2 Å². The van der Waals surface area contributed by atoms with Gasteiger partial charge in [0.1, 0.15) is 0 Å². The lowest BCUT2D eigenvalue weighted by Crippen LogP contribution is -2.19. The fourth-order valence-corrected chi connectivity index (χ4v) is 2.76. The molecule has 0 bridgehead atoms. The number of methoxy groups -OCH3 is 3. The van der Waals surface area contributed by atoms with Crippen molar-refractivity contribution in [2.24, 2.45) is 5.10 Å². The molecule has 0 aliphatic rings. The Kier molecular flexibility index (Phi) is 6.13. The van der Waals surface area contributed by atoms with Crippen LogP contribution in [0.25, 0.3) is 5.69 Å². The number of carbonyl (C=O) groups excluding carboxylic acids is 1. The second-order valence-corrected chi connectivity index (χ2v) is 6.07. The molecule has 1 aromatic heterocycles. The van der Waals surface area contributed by atoms with E-state index in [4.69, 9.17) is 14.2 Å². The van der Waals surface area contributed by atoms with Crippen LogP contribution >= 0.6 is 0 Å². The highest BCUT2D eigenvalue weighted by Gasteiger charge is 2.16. The summed E-state index contributed by atoms with van der Waals surface area (Å²) in [5, 5.41) is 4.20. The molecule has 150 valence electrons. The highest BCUT2D eigenvalue weighted by molar-refractivity contribution is 6.01. The first kappa shape index (κ1) is 19.9. The van der Waals surface area contributed by atoms with E-state index in [-0.39, 0.29) is 0 Å². The monoisotopic (exact) mass is 394 g/mol. The van der Waals surface area contributed by atoms with Gasteiger partial charge in [-0.05, 0) is 36.8 Å². The number of carbonyl (C=O) groups is 1. The molecular formula is C21H22N4O4. The predicted molar refractivity (Wildman–Crippen MR) is 109 cm³/mol. The Morgan fingerprint density at radius 2 is 1.66 bits per heavy atom. The second kappa shape index (κ2) is 8.92. The molecule has 3 rings (SSSR count). The molecule has 8 heteroatoms. The van der Waals surface area contributed by atoms with Gasteiger partial charge in [0.25, 0.3) is 5.91 Å². The summed E-state index contributed by atoms with van der Waals surface area (Å²) in [6.45, 7) is 1.82. The number of hydrogen-bond acceptors (Lipinski definition) is 6. The molecule has 0 fully saturated rings. The summed E-state index contributed by atoms with van der Waals surface area (Å²) >= 11 is 0. The number of rotatable bonds is 7. The molecule has 1 heterocycles. The van der Waals surface area contributed by atoms with Gasteiger partial charge in [0.05, 0.1) is 33.4 Å². The van der Waals surface area contributed by atoms with Crippen LogP contribution < -0.4 is 19.6 Å². The zero-order chi connectivity index (χ0) is 20.8. The molecule has 0 radical (unpaired) electrons. The fourth-order valence-electron chi connectivity index (χ4n) is 2.76. The summed E-state index contributed by atoms with van der Waals surface area (Å²) in [4.78, 5) is 16.6. The van der Waals surface area contributed by atoms with E-state index in [1.807, 2.05) is 42.0 Å². The number of amides is 1. The van der Waals surface area contributed by atoms with Crippen molar-refractivity contribution >= 4 is 11.6 Å². The van der Waals surface area contributed by atoms with Gasteiger partial charge in [-0.1, -0.05) is 12.1 Å². The number of hydrogen-bond donors (Lipinski definition) is 1. The smallest absolute Gasteiger partial charge is 0.271 e. The Hall–Kier alpha value is -3.81. The van der Waals surface area contributed by atoms with Gasteiger partial charge >= 0.3 is 0 Å².